The van der Waals surface area contributed by atoms with Crippen LogP contribution in [0.2, 0.25) is 0 Å². The second kappa shape index (κ2) is 8.34. The minimum atomic E-state index is -0.0256. The molecule has 132 valence electrons. The largest absolute Gasteiger partial charge is 0.356 e. The number of piperidine rings is 1. The van der Waals surface area contributed by atoms with Gasteiger partial charge in [0.25, 0.3) is 0 Å². The summed E-state index contributed by atoms with van der Waals surface area (Å²) in [5, 5.41) is 3.76. The van der Waals surface area contributed by atoms with Gasteiger partial charge in [-0.05, 0) is 43.4 Å². The molecule has 25 heavy (non-hydrogen) atoms. The molecule has 1 saturated heterocycles. The zero-order valence-corrected chi connectivity index (χ0v) is 15.6. The van der Waals surface area contributed by atoms with Gasteiger partial charge < -0.3 is 10.2 Å². The number of nitrogens with zero attached hydrogens (tertiary/aromatic N) is 3. The van der Waals surface area contributed by atoms with Crippen LogP contribution in [0.5, 0.6) is 0 Å². The molecule has 1 aliphatic heterocycles. The standard InChI is InChI=1S/C19H24N4OS/c1-14-5-3-7-16(9-14)22-18(24)12-25-19-10-17(20-13-21-19)23-8-4-6-15(2)11-23/h3,5,7,9-10,13,15H,4,6,8,11-12H2,1-2H3,(H,22,24)/t15-/m0/s1. The van der Waals surface area contributed by atoms with Gasteiger partial charge in [0.2, 0.25) is 5.91 Å². The first-order chi connectivity index (χ1) is 12.1. The minimum absolute atomic E-state index is 0.0256. The number of thioether (sulfide) groups is 1. The van der Waals surface area contributed by atoms with Crippen LogP contribution < -0.4 is 10.2 Å². The molecule has 1 aromatic heterocycles. The first-order valence-electron chi connectivity index (χ1n) is 8.66. The first-order valence-corrected chi connectivity index (χ1v) is 9.65. The Morgan fingerprint density at radius 3 is 3.04 bits per heavy atom. The molecular weight excluding hydrogens is 332 g/mol. The lowest BCUT2D eigenvalue weighted by Crippen LogP contribution is -2.34. The minimum Gasteiger partial charge on any atom is -0.356 e. The van der Waals surface area contributed by atoms with Gasteiger partial charge in [-0.1, -0.05) is 30.8 Å². The van der Waals surface area contributed by atoms with Crippen LogP contribution in [-0.4, -0.2) is 34.7 Å². The maximum Gasteiger partial charge on any atom is 0.234 e. The smallest absolute Gasteiger partial charge is 0.234 e. The second-order valence-corrected chi connectivity index (χ2v) is 7.61. The fourth-order valence-electron chi connectivity index (χ4n) is 3.04. The molecule has 1 N–H and O–H groups in total. The summed E-state index contributed by atoms with van der Waals surface area (Å²) in [6, 6.07) is 9.80. The van der Waals surface area contributed by atoms with E-state index < -0.39 is 0 Å². The predicted octanol–water partition coefficient (Wildman–Crippen LogP) is 3.75. The number of nitrogens with one attached hydrogen (secondary N) is 1. The highest BCUT2D eigenvalue weighted by Crippen LogP contribution is 2.24. The van der Waals surface area contributed by atoms with Gasteiger partial charge in [-0.25, -0.2) is 9.97 Å². The molecule has 0 radical (unpaired) electrons. The van der Waals surface area contributed by atoms with Crippen molar-refractivity contribution in [2.75, 3.05) is 29.1 Å². The zero-order chi connectivity index (χ0) is 17.6. The zero-order valence-electron chi connectivity index (χ0n) is 14.7. The number of aromatic nitrogens is 2. The highest BCUT2D eigenvalue weighted by molar-refractivity contribution is 7.99. The van der Waals surface area contributed by atoms with Gasteiger partial charge in [-0.2, -0.15) is 0 Å². The van der Waals surface area contributed by atoms with Crippen LogP contribution in [0.1, 0.15) is 25.3 Å². The third-order valence-corrected chi connectivity index (χ3v) is 5.19. The van der Waals surface area contributed by atoms with Crippen molar-refractivity contribution < 1.29 is 4.79 Å². The Bertz CT molecular complexity index is 737. The van der Waals surface area contributed by atoms with E-state index in [-0.39, 0.29) is 5.91 Å². The van der Waals surface area contributed by atoms with E-state index in [9.17, 15) is 4.79 Å². The monoisotopic (exact) mass is 356 g/mol. The molecule has 1 aliphatic rings. The van der Waals surface area contributed by atoms with E-state index in [1.165, 1.54) is 24.6 Å². The molecule has 0 spiro atoms. The van der Waals surface area contributed by atoms with Crippen LogP contribution in [-0.2, 0) is 4.79 Å². The summed E-state index contributed by atoms with van der Waals surface area (Å²) in [7, 11) is 0. The molecule has 2 heterocycles. The summed E-state index contributed by atoms with van der Waals surface area (Å²) in [4.78, 5) is 23.1. The third-order valence-electron chi connectivity index (χ3n) is 4.26. The van der Waals surface area contributed by atoms with Crippen molar-refractivity contribution in [3.8, 4) is 0 Å². The Morgan fingerprint density at radius 1 is 1.36 bits per heavy atom. The van der Waals surface area contributed by atoms with Crippen molar-refractivity contribution in [2.45, 2.75) is 31.7 Å². The predicted molar refractivity (Wildman–Crippen MR) is 103 cm³/mol. The topological polar surface area (TPSA) is 58.1 Å². The van der Waals surface area contributed by atoms with Crippen molar-refractivity contribution in [1.82, 2.24) is 9.97 Å². The highest BCUT2D eigenvalue weighted by atomic mass is 32.2. The van der Waals surface area contributed by atoms with E-state index in [0.29, 0.717) is 11.7 Å². The van der Waals surface area contributed by atoms with Gasteiger partial charge in [0.15, 0.2) is 0 Å². The SMILES string of the molecule is Cc1cccc(NC(=O)CSc2cc(N3CCC[C@H](C)C3)ncn2)c1. The molecule has 5 nitrogen and oxygen atoms in total. The molecule has 3 rings (SSSR count). The van der Waals surface area contributed by atoms with Crippen LogP contribution in [0.4, 0.5) is 11.5 Å². The van der Waals surface area contributed by atoms with Crippen molar-refractivity contribution >= 4 is 29.2 Å². The number of aryl methyl sites for hydroxylation is 1. The van der Waals surface area contributed by atoms with E-state index in [1.807, 2.05) is 37.3 Å². The Kier molecular flexibility index (Phi) is 5.91. The second-order valence-electron chi connectivity index (χ2n) is 6.61. The van der Waals surface area contributed by atoms with Crippen molar-refractivity contribution in [3.63, 3.8) is 0 Å². The van der Waals surface area contributed by atoms with Crippen molar-refractivity contribution in [1.29, 1.82) is 0 Å². The summed E-state index contributed by atoms with van der Waals surface area (Å²) in [5.74, 6) is 1.96. The van der Waals surface area contributed by atoms with Gasteiger partial charge in [0, 0.05) is 24.8 Å². The Balaban J connectivity index is 1.56. The summed E-state index contributed by atoms with van der Waals surface area (Å²) >= 11 is 1.44. The normalized spacial score (nSPS) is 17.4. The summed E-state index contributed by atoms with van der Waals surface area (Å²) in [6.45, 7) is 6.36. The van der Waals surface area contributed by atoms with Crippen LogP contribution in [0.25, 0.3) is 0 Å². The van der Waals surface area contributed by atoms with Crippen LogP contribution >= 0.6 is 11.8 Å². The van der Waals surface area contributed by atoms with Crippen LogP contribution in [0.3, 0.4) is 0 Å². The van der Waals surface area contributed by atoms with E-state index in [0.717, 1.165) is 35.2 Å². The van der Waals surface area contributed by atoms with Crippen LogP contribution in [0, 0.1) is 12.8 Å². The van der Waals surface area contributed by atoms with E-state index >= 15 is 0 Å². The Labute approximate surface area is 153 Å². The average molecular weight is 356 g/mol. The molecule has 0 saturated carbocycles. The number of carbonyl (C=O) groups excluding carboxylic acids is 1. The van der Waals surface area contributed by atoms with Gasteiger partial charge in [0.1, 0.15) is 17.2 Å². The molecule has 1 amide bonds. The average Bonchev–Trinajstić information content (AvgIpc) is 2.60. The number of amides is 1. The first kappa shape index (κ1) is 17.7. The molecule has 6 heteroatoms. The lowest BCUT2D eigenvalue weighted by Gasteiger charge is -2.31. The van der Waals surface area contributed by atoms with Crippen molar-refractivity contribution in [3.05, 3.63) is 42.2 Å². The maximum atomic E-state index is 12.1. The Morgan fingerprint density at radius 2 is 2.24 bits per heavy atom. The molecular formula is C19H24N4OS. The Hall–Kier alpha value is -2.08. The number of hydrogen-bond acceptors (Lipinski definition) is 5. The molecule has 2 aromatic rings. The quantitative estimate of drug-likeness (QED) is 0.653. The number of carbonyl (C=O) groups is 1. The maximum absolute atomic E-state index is 12.1. The summed E-state index contributed by atoms with van der Waals surface area (Å²) in [6.07, 6.45) is 4.07. The van der Waals surface area contributed by atoms with Crippen molar-refractivity contribution in [2.24, 2.45) is 5.92 Å². The molecule has 1 aromatic carbocycles. The molecule has 1 atom stereocenters. The molecule has 1 fully saturated rings. The lowest BCUT2D eigenvalue weighted by atomic mass is 10.0. The third kappa shape index (κ3) is 5.19. The molecule has 0 aliphatic carbocycles. The number of anilines is 2. The highest BCUT2D eigenvalue weighted by Gasteiger charge is 2.18. The summed E-state index contributed by atoms with van der Waals surface area (Å²) in [5.41, 5.74) is 1.96. The van der Waals surface area contributed by atoms with Gasteiger partial charge in [-0.15, -0.1) is 0 Å². The fourth-order valence-corrected chi connectivity index (χ4v) is 3.70. The number of benzene rings is 1. The van der Waals surface area contributed by atoms with Crippen LogP contribution in [0.15, 0.2) is 41.7 Å². The fraction of sp³-hybridized carbons (Fsp3) is 0.421. The summed E-state index contributed by atoms with van der Waals surface area (Å²) < 4.78 is 0. The van der Waals surface area contributed by atoms with E-state index in [2.05, 4.69) is 27.1 Å². The molecule has 0 bridgehead atoms. The van der Waals surface area contributed by atoms with Gasteiger partial charge in [-0.3, -0.25) is 4.79 Å². The van der Waals surface area contributed by atoms with E-state index in [4.69, 9.17) is 0 Å². The number of hydrogen-bond donors (Lipinski definition) is 1. The van der Waals surface area contributed by atoms with Gasteiger partial charge >= 0.3 is 0 Å². The van der Waals surface area contributed by atoms with Gasteiger partial charge in [0.05, 0.1) is 5.75 Å². The molecule has 0 unspecified atom stereocenters. The van der Waals surface area contributed by atoms with E-state index in [1.54, 1.807) is 6.33 Å². The number of rotatable bonds is 5. The lowest BCUT2D eigenvalue weighted by molar-refractivity contribution is -0.113.